The molecule has 0 amide bonds. The Morgan fingerprint density at radius 1 is 1.19 bits per heavy atom. The molecule has 3 atom stereocenters. The summed E-state index contributed by atoms with van der Waals surface area (Å²) in [5.41, 5.74) is 3.42. The van der Waals surface area contributed by atoms with Crippen LogP contribution in [0.15, 0.2) is 12.1 Å². The summed E-state index contributed by atoms with van der Waals surface area (Å²) in [7, 11) is 2.16. The van der Waals surface area contributed by atoms with Crippen LogP contribution in [0.2, 0.25) is 0 Å². The Hall–Kier alpha value is -1.04. The van der Waals surface area contributed by atoms with Gasteiger partial charge in [-0.15, -0.1) is 0 Å². The van der Waals surface area contributed by atoms with Crippen LogP contribution in [0.3, 0.4) is 0 Å². The van der Waals surface area contributed by atoms with E-state index in [1.807, 2.05) is 0 Å². The second kappa shape index (κ2) is 5.63. The first-order valence-corrected chi connectivity index (χ1v) is 7.65. The maximum atomic E-state index is 14.3. The molecule has 2 fully saturated rings. The average Bonchev–Trinajstić information content (AvgIpc) is 2.70. The predicted octanol–water partition coefficient (Wildman–Crippen LogP) is 2.65. The van der Waals surface area contributed by atoms with Crippen molar-refractivity contribution in [1.29, 1.82) is 0 Å². The van der Waals surface area contributed by atoms with Crippen molar-refractivity contribution in [2.45, 2.75) is 50.7 Å². The lowest BCUT2D eigenvalue weighted by Gasteiger charge is -2.39. The van der Waals surface area contributed by atoms with Crippen LogP contribution in [-0.2, 0) is 0 Å². The van der Waals surface area contributed by atoms with Gasteiger partial charge in [-0.05, 0) is 51.1 Å². The van der Waals surface area contributed by atoms with Crippen molar-refractivity contribution in [3.05, 3.63) is 34.9 Å². The molecule has 2 bridgehead atoms. The van der Waals surface area contributed by atoms with E-state index in [0.717, 1.165) is 12.8 Å². The highest BCUT2D eigenvalue weighted by Gasteiger charge is 2.41. The number of nitrogens with zero attached hydrogens (tertiary/aromatic N) is 1. The third kappa shape index (κ3) is 2.47. The number of halogens is 2. The summed E-state index contributed by atoms with van der Waals surface area (Å²) < 4.78 is 28.1. The van der Waals surface area contributed by atoms with E-state index in [2.05, 4.69) is 17.4 Å². The van der Waals surface area contributed by atoms with Crippen LogP contribution in [0.1, 0.15) is 42.9 Å². The zero-order valence-corrected chi connectivity index (χ0v) is 12.6. The fourth-order valence-electron chi connectivity index (χ4n) is 4.11. The number of fused-ring (bicyclic) bond motifs is 2. The zero-order valence-electron chi connectivity index (χ0n) is 12.6. The molecule has 0 aromatic heterocycles. The minimum Gasteiger partial charge on any atom is -0.300 e. The van der Waals surface area contributed by atoms with Crippen molar-refractivity contribution in [2.75, 3.05) is 7.05 Å². The van der Waals surface area contributed by atoms with Gasteiger partial charge in [0.1, 0.15) is 0 Å². The third-order valence-electron chi connectivity index (χ3n) is 5.43. The SMILES string of the molecule is Cc1ccc(C(NN)C2CC3CCC(C2)N3C)c(F)c1F. The Balaban J connectivity index is 1.88. The summed E-state index contributed by atoms with van der Waals surface area (Å²) in [5, 5.41) is 0. The number of hydrogen-bond acceptors (Lipinski definition) is 3. The Labute approximate surface area is 124 Å². The third-order valence-corrected chi connectivity index (χ3v) is 5.43. The number of rotatable bonds is 3. The van der Waals surface area contributed by atoms with Gasteiger partial charge < -0.3 is 4.90 Å². The van der Waals surface area contributed by atoms with E-state index in [-0.39, 0.29) is 12.0 Å². The minimum absolute atomic E-state index is 0.250. The average molecular weight is 295 g/mol. The first kappa shape index (κ1) is 14.9. The van der Waals surface area contributed by atoms with Gasteiger partial charge in [0.15, 0.2) is 11.6 Å². The van der Waals surface area contributed by atoms with E-state index in [4.69, 9.17) is 5.84 Å². The summed E-state index contributed by atoms with van der Waals surface area (Å²) in [6, 6.07) is 4.06. The van der Waals surface area contributed by atoms with Crippen LogP contribution in [0.5, 0.6) is 0 Å². The lowest BCUT2D eigenvalue weighted by molar-refractivity contribution is 0.111. The summed E-state index contributed by atoms with van der Waals surface area (Å²) in [6.07, 6.45) is 4.35. The number of hydrogen-bond donors (Lipinski definition) is 2. The largest absolute Gasteiger partial charge is 0.300 e. The second-order valence-electron chi connectivity index (χ2n) is 6.53. The second-order valence-corrected chi connectivity index (χ2v) is 6.53. The minimum atomic E-state index is -0.761. The van der Waals surface area contributed by atoms with Crippen molar-refractivity contribution in [3.8, 4) is 0 Å². The molecule has 0 spiro atoms. The van der Waals surface area contributed by atoms with Crippen LogP contribution < -0.4 is 11.3 Å². The molecule has 2 aliphatic rings. The molecule has 5 heteroatoms. The molecule has 0 saturated carbocycles. The molecular weight excluding hydrogens is 272 g/mol. The van der Waals surface area contributed by atoms with Crippen molar-refractivity contribution in [2.24, 2.45) is 11.8 Å². The van der Waals surface area contributed by atoms with Crippen LogP contribution in [0.4, 0.5) is 8.78 Å². The summed E-state index contributed by atoms with van der Waals surface area (Å²) in [6.45, 7) is 1.57. The predicted molar refractivity (Wildman–Crippen MR) is 78.5 cm³/mol. The monoisotopic (exact) mass is 295 g/mol. The van der Waals surface area contributed by atoms with Gasteiger partial charge in [-0.25, -0.2) is 8.78 Å². The molecular formula is C16H23F2N3. The summed E-state index contributed by atoms with van der Waals surface area (Å²) >= 11 is 0. The number of benzene rings is 1. The maximum Gasteiger partial charge on any atom is 0.163 e. The van der Waals surface area contributed by atoms with Crippen molar-refractivity contribution >= 4 is 0 Å². The number of nitrogens with one attached hydrogen (secondary N) is 1. The number of piperidine rings is 1. The normalized spacial score (nSPS) is 30.6. The maximum absolute atomic E-state index is 14.3. The van der Waals surface area contributed by atoms with Crippen LogP contribution in [0, 0.1) is 24.5 Å². The van der Waals surface area contributed by atoms with Gasteiger partial charge in [0.2, 0.25) is 0 Å². The lowest BCUT2D eigenvalue weighted by Crippen LogP contribution is -2.45. The molecule has 2 aliphatic heterocycles. The van der Waals surface area contributed by atoms with Crippen LogP contribution >= 0.6 is 0 Å². The van der Waals surface area contributed by atoms with Gasteiger partial charge in [-0.1, -0.05) is 12.1 Å². The van der Waals surface area contributed by atoms with Gasteiger partial charge in [0.05, 0.1) is 6.04 Å². The van der Waals surface area contributed by atoms with E-state index in [0.29, 0.717) is 23.2 Å². The van der Waals surface area contributed by atoms with Gasteiger partial charge in [0.25, 0.3) is 0 Å². The number of aryl methyl sites for hydroxylation is 1. The van der Waals surface area contributed by atoms with E-state index >= 15 is 0 Å². The number of nitrogens with two attached hydrogens (primary N) is 1. The Morgan fingerprint density at radius 3 is 2.38 bits per heavy atom. The molecule has 21 heavy (non-hydrogen) atoms. The molecule has 2 heterocycles. The van der Waals surface area contributed by atoms with Crippen molar-refractivity contribution < 1.29 is 8.78 Å². The molecule has 116 valence electrons. The first-order valence-electron chi connectivity index (χ1n) is 7.65. The Kier molecular flexibility index (Phi) is 3.99. The van der Waals surface area contributed by atoms with Gasteiger partial charge in [-0.2, -0.15) is 0 Å². The molecule has 0 aliphatic carbocycles. The highest BCUT2D eigenvalue weighted by Crippen LogP contribution is 2.42. The molecule has 2 saturated heterocycles. The van der Waals surface area contributed by atoms with E-state index in [1.165, 1.54) is 12.8 Å². The van der Waals surface area contributed by atoms with Gasteiger partial charge in [0, 0.05) is 17.6 Å². The summed E-state index contributed by atoms with van der Waals surface area (Å²) in [5.74, 6) is 4.42. The fraction of sp³-hybridized carbons (Fsp3) is 0.625. The van der Waals surface area contributed by atoms with Gasteiger partial charge in [-0.3, -0.25) is 11.3 Å². The lowest BCUT2D eigenvalue weighted by atomic mass is 9.82. The van der Waals surface area contributed by atoms with Gasteiger partial charge >= 0.3 is 0 Å². The fourth-order valence-corrected chi connectivity index (χ4v) is 4.11. The van der Waals surface area contributed by atoms with Crippen molar-refractivity contribution in [3.63, 3.8) is 0 Å². The topological polar surface area (TPSA) is 41.3 Å². The zero-order chi connectivity index (χ0) is 15.1. The van der Waals surface area contributed by atoms with Crippen molar-refractivity contribution in [1.82, 2.24) is 10.3 Å². The first-order chi connectivity index (χ1) is 10.0. The molecule has 1 aromatic rings. The summed E-state index contributed by atoms with van der Waals surface area (Å²) in [4.78, 5) is 2.43. The van der Waals surface area contributed by atoms with E-state index < -0.39 is 11.6 Å². The molecule has 3 nitrogen and oxygen atoms in total. The highest BCUT2D eigenvalue weighted by atomic mass is 19.2. The van der Waals surface area contributed by atoms with Crippen LogP contribution in [-0.4, -0.2) is 24.0 Å². The molecule has 3 rings (SSSR count). The quantitative estimate of drug-likeness (QED) is 0.665. The van der Waals surface area contributed by atoms with E-state index in [1.54, 1.807) is 19.1 Å². The smallest absolute Gasteiger partial charge is 0.163 e. The highest BCUT2D eigenvalue weighted by molar-refractivity contribution is 5.28. The molecule has 3 unspecified atom stereocenters. The molecule has 1 aromatic carbocycles. The van der Waals surface area contributed by atoms with E-state index in [9.17, 15) is 8.78 Å². The van der Waals surface area contributed by atoms with Crippen LogP contribution in [0.25, 0.3) is 0 Å². The molecule has 3 N–H and O–H groups in total. The standard InChI is InChI=1S/C16H23F2N3/c1-9-3-6-13(15(18)14(9)17)16(20-19)10-7-11-4-5-12(8-10)21(11)2/h3,6,10-12,16,20H,4-5,7-8,19H2,1-2H3. The Morgan fingerprint density at radius 2 is 1.81 bits per heavy atom. The number of hydrazine groups is 1. The molecule has 0 radical (unpaired) electrons. The Bertz CT molecular complexity index is 520.